The van der Waals surface area contributed by atoms with Crippen LogP contribution in [0.3, 0.4) is 0 Å². The van der Waals surface area contributed by atoms with E-state index in [-0.39, 0.29) is 0 Å². The molecule has 1 aliphatic rings. The molecule has 2 heteroatoms. The molecule has 1 aliphatic heterocycles. The van der Waals surface area contributed by atoms with Crippen molar-refractivity contribution in [3.63, 3.8) is 0 Å². The van der Waals surface area contributed by atoms with Crippen LogP contribution in [0.15, 0.2) is 54.8 Å². The minimum Gasteiger partial charge on any atom is -0.496 e. The molecule has 0 saturated heterocycles. The molecule has 0 fully saturated rings. The topological polar surface area (TPSA) is 18.5 Å². The van der Waals surface area contributed by atoms with Crippen LogP contribution in [0.5, 0.6) is 5.75 Å². The summed E-state index contributed by atoms with van der Waals surface area (Å²) in [6.07, 6.45) is 7.99. The minimum absolute atomic E-state index is 0.592. The van der Waals surface area contributed by atoms with Crippen molar-refractivity contribution in [2.75, 3.05) is 13.2 Å². The molecule has 0 radical (unpaired) electrons. The largest absolute Gasteiger partial charge is 0.496 e. The monoisotopic (exact) mass is 280 g/mol. The van der Waals surface area contributed by atoms with Gasteiger partial charge >= 0.3 is 0 Å². The zero-order valence-electron chi connectivity index (χ0n) is 12.3. The van der Waals surface area contributed by atoms with Crippen LogP contribution < -0.4 is 4.74 Å². The zero-order valence-corrected chi connectivity index (χ0v) is 12.3. The summed E-state index contributed by atoms with van der Waals surface area (Å²) in [5, 5.41) is 2.45. The highest BCUT2D eigenvalue weighted by molar-refractivity contribution is 5.97. The molecule has 0 bridgehead atoms. The van der Waals surface area contributed by atoms with E-state index in [9.17, 15) is 0 Å². The summed E-state index contributed by atoms with van der Waals surface area (Å²) in [6, 6.07) is 12.6. The van der Waals surface area contributed by atoms with Gasteiger partial charge in [0.25, 0.3) is 0 Å². The molecule has 2 aromatic carbocycles. The number of hydrogen-bond donors (Lipinski definition) is 0. The number of rotatable bonds is 5. The quantitative estimate of drug-likeness (QED) is 0.722. The van der Waals surface area contributed by atoms with Crippen LogP contribution in [-0.2, 0) is 4.74 Å². The van der Waals surface area contributed by atoms with E-state index in [1.165, 1.54) is 16.3 Å². The van der Waals surface area contributed by atoms with Crippen molar-refractivity contribution in [2.24, 2.45) is 0 Å². The minimum atomic E-state index is 0.592. The second kappa shape index (κ2) is 6.49. The first-order valence-corrected chi connectivity index (χ1v) is 7.52. The number of benzene rings is 2. The normalized spacial score (nSPS) is 13.9. The Kier molecular flexibility index (Phi) is 4.25. The van der Waals surface area contributed by atoms with Crippen LogP contribution in [-0.4, -0.2) is 13.2 Å². The van der Waals surface area contributed by atoms with E-state index in [0.717, 1.165) is 30.8 Å². The summed E-state index contributed by atoms with van der Waals surface area (Å²) >= 11 is 0. The lowest BCUT2D eigenvalue weighted by Crippen LogP contribution is -2.03. The molecule has 0 aliphatic carbocycles. The molecule has 3 rings (SSSR count). The van der Waals surface area contributed by atoms with Gasteiger partial charge in [-0.15, -0.1) is 0 Å². The highest BCUT2D eigenvalue weighted by Crippen LogP contribution is 2.35. The summed E-state index contributed by atoms with van der Waals surface area (Å²) in [6.45, 7) is 3.52. The summed E-state index contributed by atoms with van der Waals surface area (Å²) < 4.78 is 11.5. The predicted octanol–water partition coefficient (Wildman–Crippen LogP) is 4.95. The fourth-order valence-corrected chi connectivity index (χ4v) is 2.58. The molecule has 0 spiro atoms. The van der Waals surface area contributed by atoms with Crippen molar-refractivity contribution < 1.29 is 9.47 Å². The van der Waals surface area contributed by atoms with Crippen LogP contribution >= 0.6 is 0 Å². The molecule has 108 valence electrons. The number of fused-ring (bicyclic) bond motifs is 1. The van der Waals surface area contributed by atoms with E-state index in [0.29, 0.717) is 6.61 Å². The molecule has 0 saturated carbocycles. The van der Waals surface area contributed by atoms with E-state index in [2.05, 4.69) is 49.4 Å². The summed E-state index contributed by atoms with van der Waals surface area (Å²) in [4.78, 5) is 0. The standard InChI is InChI=1S/C19H20O2/c1-2-3-13-21-18-11-10-15-7-4-5-9-17(15)19(18)16-8-6-12-20-14-16/h4-12H,2-3,13-14H2,1H3. The molecule has 21 heavy (non-hydrogen) atoms. The van der Waals surface area contributed by atoms with Crippen molar-refractivity contribution in [3.8, 4) is 5.75 Å². The molecule has 2 aromatic rings. The van der Waals surface area contributed by atoms with E-state index < -0.39 is 0 Å². The average Bonchev–Trinajstić information content (AvgIpc) is 2.55. The van der Waals surface area contributed by atoms with Crippen molar-refractivity contribution in [3.05, 3.63) is 60.4 Å². The highest BCUT2D eigenvalue weighted by Gasteiger charge is 2.14. The zero-order chi connectivity index (χ0) is 14.5. The molecule has 0 unspecified atom stereocenters. The Morgan fingerprint density at radius 3 is 2.86 bits per heavy atom. The van der Waals surface area contributed by atoms with Gasteiger partial charge in [0.2, 0.25) is 0 Å². The molecule has 0 amide bonds. The van der Waals surface area contributed by atoms with Gasteiger partial charge in [-0.2, -0.15) is 0 Å². The van der Waals surface area contributed by atoms with Gasteiger partial charge in [0, 0.05) is 11.1 Å². The molecular weight excluding hydrogens is 260 g/mol. The second-order valence-electron chi connectivity index (χ2n) is 5.19. The number of ether oxygens (including phenoxy) is 2. The maximum Gasteiger partial charge on any atom is 0.127 e. The first-order valence-electron chi connectivity index (χ1n) is 7.52. The maximum absolute atomic E-state index is 6.02. The Hall–Kier alpha value is -2.22. The van der Waals surface area contributed by atoms with Gasteiger partial charge in [-0.1, -0.05) is 49.8 Å². The Morgan fingerprint density at radius 2 is 2.05 bits per heavy atom. The van der Waals surface area contributed by atoms with E-state index in [1.807, 2.05) is 6.08 Å². The third-order valence-corrected chi connectivity index (χ3v) is 3.68. The maximum atomic E-state index is 6.02. The van der Waals surface area contributed by atoms with Crippen molar-refractivity contribution >= 4 is 16.3 Å². The third-order valence-electron chi connectivity index (χ3n) is 3.68. The molecule has 0 atom stereocenters. The van der Waals surface area contributed by atoms with Crippen molar-refractivity contribution in [1.29, 1.82) is 0 Å². The summed E-state index contributed by atoms with van der Waals surface area (Å²) in [7, 11) is 0. The SMILES string of the molecule is CCCCOc1ccc2ccccc2c1C1=CC=COC1. The number of hydrogen-bond acceptors (Lipinski definition) is 2. The Morgan fingerprint density at radius 1 is 1.14 bits per heavy atom. The predicted molar refractivity (Wildman–Crippen MR) is 87.4 cm³/mol. The summed E-state index contributed by atoms with van der Waals surface area (Å²) in [5.74, 6) is 0.951. The van der Waals surface area contributed by atoms with Gasteiger partial charge in [-0.3, -0.25) is 0 Å². The molecular formula is C19H20O2. The number of allylic oxidation sites excluding steroid dienone is 2. The van der Waals surface area contributed by atoms with E-state index in [4.69, 9.17) is 9.47 Å². The van der Waals surface area contributed by atoms with Crippen LogP contribution in [0, 0.1) is 0 Å². The lowest BCUT2D eigenvalue weighted by atomic mass is 9.96. The van der Waals surface area contributed by atoms with Gasteiger partial charge in [-0.25, -0.2) is 0 Å². The Labute approximate surface area is 125 Å². The van der Waals surface area contributed by atoms with Gasteiger partial charge in [0.15, 0.2) is 0 Å². The lowest BCUT2D eigenvalue weighted by molar-refractivity contribution is 0.289. The second-order valence-corrected chi connectivity index (χ2v) is 5.19. The van der Waals surface area contributed by atoms with Crippen LogP contribution in [0.4, 0.5) is 0 Å². The molecule has 1 heterocycles. The Bertz CT molecular complexity index is 683. The highest BCUT2D eigenvalue weighted by atomic mass is 16.5. The van der Waals surface area contributed by atoms with Crippen molar-refractivity contribution in [1.82, 2.24) is 0 Å². The first kappa shape index (κ1) is 13.7. The summed E-state index contributed by atoms with van der Waals surface area (Å²) in [5.41, 5.74) is 2.33. The van der Waals surface area contributed by atoms with Crippen LogP contribution in [0.1, 0.15) is 25.3 Å². The van der Waals surface area contributed by atoms with Gasteiger partial charge in [0.1, 0.15) is 12.4 Å². The molecule has 0 aromatic heterocycles. The van der Waals surface area contributed by atoms with Gasteiger partial charge in [0.05, 0.1) is 12.9 Å². The van der Waals surface area contributed by atoms with Gasteiger partial charge < -0.3 is 9.47 Å². The number of unbranched alkanes of at least 4 members (excludes halogenated alkanes) is 1. The lowest BCUT2D eigenvalue weighted by Gasteiger charge is -2.18. The first-order chi connectivity index (χ1) is 10.4. The van der Waals surface area contributed by atoms with E-state index in [1.54, 1.807) is 6.26 Å². The van der Waals surface area contributed by atoms with E-state index >= 15 is 0 Å². The average molecular weight is 280 g/mol. The molecule has 0 N–H and O–H groups in total. The fraction of sp³-hybridized carbons (Fsp3) is 0.263. The van der Waals surface area contributed by atoms with Crippen LogP contribution in [0.2, 0.25) is 0 Å². The third kappa shape index (κ3) is 2.94. The smallest absolute Gasteiger partial charge is 0.127 e. The van der Waals surface area contributed by atoms with Crippen LogP contribution in [0.25, 0.3) is 16.3 Å². The Balaban J connectivity index is 2.08. The van der Waals surface area contributed by atoms with Crippen molar-refractivity contribution in [2.45, 2.75) is 19.8 Å². The fourth-order valence-electron chi connectivity index (χ4n) is 2.58. The molecule has 2 nitrogen and oxygen atoms in total. The van der Waals surface area contributed by atoms with Gasteiger partial charge in [-0.05, 0) is 29.3 Å².